The number of carbonyl (C=O) groups is 1. The van der Waals surface area contributed by atoms with E-state index in [2.05, 4.69) is 77.7 Å². The number of likely N-dealkylation sites (N-methyl/N-ethyl adjacent to an activating group) is 1. The minimum absolute atomic E-state index is 0.0810. The Morgan fingerprint density at radius 2 is 1.95 bits per heavy atom. The first-order valence-corrected chi connectivity index (χ1v) is 15.2. The van der Waals surface area contributed by atoms with Crippen molar-refractivity contribution in [3.63, 3.8) is 0 Å². The molecule has 0 bridgehead atoms. The Kier molecular flexibility index (Phi) is 11.3. The Labute approximate surface area is 250 Å². The SMILES string of the molecule is CC/C=C(\Nc1ccccc1C)Nc1ccc(CC(=C2CCC2)N(C)CCN2CCC(CC(=O)O)C(F)C2)cc1OC. The van der Waals surface area contributed by atoms with Crippen LogP contribution in [0.15, 0.2) is 65.6 Å². The molecule has 4 rings (SSSR count). The minimum atomic E-state index is -1.08. The van der Waals surface area contributed by atoms with Crippen LogP contribution in [0.3, 0.4) is 0 Å². The van der Waals surface area contributed by atoms with Crippen LogP contribution >= 0.6 is 0 Å². The van der Waals surface area contributed by atoms with Gasteiger partial charge < -0.3 is 25.4 Å². The number of alkyl halides is 1. The van der Waals surface area contributed by atoms with Crippen LogP contribution in [0.5, 0.6) is 5.75 Å². The lowest BCUT2D eigenvalue weighted by Crippen LogP contribution is -2.45. The molecule has 0 spiro atoms. The second kappa shape index (κ2) is 15.1. The van der Waals surface area contributed by atoms with Crippen molar-refractivity contribution in [1.29, 1.82) is 0 Å². The number of halogens is 1. The van der Waals surface area contributed by atoms with E-state index in [1.165, 1.54) is 28.8 Å². The summed E-state index contributed by atoms with van der Waals surface area (Å²) in [5, 5.41) is 16.1. The quantitative estimate of drug-likeness (QED) is 0.227. The van der Waals surface area contributed by atoms with Crippen molar-refractivity contribution in [2.24, 2.45) is 5.92 Å². The van der Waals surface area contributed by atoms with Gasteiger partial charge in [-0.25, -0.2) is 4.39 Å². The number of para-hydroxylation sites is 1. The Morgan fingerprint density at radius 3 is 2.60 bits per heavy atom. The lowest BCUT2D eigenvalue weighted by atomic mass is 9.88. The van der Waals surface area contributed by atoms with Gasteiger partial charge in [-0.05, 0) is 81.0 Å². The highest BCUT2D eigenvalue weighted by Crippen LogP contribution is 2.34. The summed E-state index contributed by atoms with van der Waals surface area (Å²) in [6.45, 7) is 6.84. The maximum absolute atomic E-state index is 14.6. The van der Waals surface area contributed by atoms with E-state index >= 15 is 0 Å². The lowest BCUT2D eigenvalue weighted by Gasteiger charge is -2.36. The van der Waals surface area contributed by atoms with Gasteiger partial charge >= 0.3 is 5.97 Å². The summed E-state index contributed by atoms with van der Waals surface area (Å²) in [7, 11) is 3.84. The van der Waals surface area contributed by atoms with E-state index < -0.39 is 12.1 Å². The average molecular weight is 579 g/mol. The molecule has 0 radical (unpaired) electrons. The molecule has 1 aliphatic carbocycles. The summed E-state index contributed by atoms with van der Waals surface area (Å²) < 4.78 is 20.4. The third-order valence-electron chi connectivity index (χ3n) is 8.50. The van der Waals surface area contributed by atoms with Gasteiger partial charge in [0.2, 0.25) is 0 Å². The summed E-state index contributed by atoms with van der Waals surface area (Å²) >= 11 is 0. The summed E-state index contributed by atoms with van der Waals surface area (Å²) in [5.41, 5.74) is 7.17. The predicted octanol–water partition coefficient (Wildman–Crippen LogP) is 6.83. The predicted molar refractivity (Wildman–Crippen MR) is 169 cm³/mol. The number of allylic oxidation sites excluding steroid dienone is 3. The fourth-order valence-electron chi connectivity index (χ4n) is 5.75. The zero-order chi connectivity index (χ0) is 30.1. The van der Waals surface area contributed by atoms with Crippen LogP contribution in [0.1, 0.15) is 56.6 Å². The molecular weight excluding hydrogens is 531 g/mol. The molecule has 1 heterocycles. The third-order valence-corrected chi connectivity index (χ3v) is 8.50. The highest BCUT2D eigenvalue weighted by Gasteiger charge is 2.31. The van der Waals surface area contributed by atoms with Gasteiger partial charge in [-0.3, -0.25) is 9.69 Å². The number of benzene rings is 2. The molecule has 3 N–H and O–H groups in total. The molecule has 2 aromatic rings. The number of aryl methyl sites for hydroxylation is 1. The number of nitrogens with one attached hydrogen (secondary N) is 2. The molecule has 2 fully saturated rings. The highest BCUT2D eigenvalue weighted by atomic mass is 19.1. The molecule has 2 aliphatic rings. The zero-order valence-electron chi connectivity index (χ0n) is 25.6. The van der Waals surface area contributed by atoms with E-state index in [4.69, 9.17) is 9.84 Å². The normalized spacial score (nSPS) is 19.2. The van der Waals surface area contributed by atoms with E-state index in [9.17, 15) is 9.18 Å². The van der Waals surface area contributed by atoms with Crippen molar-refractivity contribution in [2.45, 2.75) is 65.0 Å². The van der Waals surface area contributed by atoms with Gasteiger partial charge in [0.15, 0.2) is 0 Å². The zero-order valence-corrected chi connectivity index (χ0v) is 25.6. The molecule has 2 unspecified atom stereocenters. The highest BCUT2D eigenvalue weighted by molar-refractivity contribution is 5.67. The fraction of sp³-hybridized carbons (Fsp3) is 0.500. The largest absolute Gasteiger partial charge is 0.495 e. The standard InChI is InChI=1S/C34H47FN4O3/c1-5-9-33(36-29-13-7-6-10-24(29)2)37-30-15-14-25(21-32(30)42-4)20-31(26-11-8-12-26)38(3)18-19-39-17-16-27(22-34(40)41)28(35)23-39/h6-7,9-10,13-15,21,27-28,36-37H,5,8,11-12,16-20,22-23H2,1-4H3,(H,40,41)/b33-9+. The van der Waals surface area contributed by atoms with Crippen LogP contribution in [0.25, 0.3) is 0 Å². The van der Waals surface area contributed by atoms with Crippen LogP contribution < -0.4 is 15.4 Å². The number of ether oxygens (including phenoxy) is 1. The van der Waals surface area contributed by atoms with Crippen LogP contribution in [0.4, 0.5) is 15.8 Å². The Morgan fingerprint density at radius 1 is 1.19 bits per heavy atom. The summed E-state index contributed by atoms with van der Waals surface area (Å²) in [6, 6.07) is 14.6. The molecule has 2 atom stereocenters. The molecule has 1 saturated heterocycles. The lowest BCUT2D eigenvalue weighted by molar-refractivity contribution is -0.139. The molecule has 1 saturated carbocycles. The van der Waals surface area contributed by atoms with Crippen LogP contribution in [-0.2, 0) is 11.2 Å². The van der Waals surface area contributed by atoms with E-state index in [0.29, 0.717) is 13.0 Å². The Hall–Kier alpha value is -3.52. The summed E-state index contributed by atoms with van der Waals surface area (Å²) in [5.74, 6) is 0.422. The molecule has 2 aromatic carbocycles. The number of nitrogens with zero attached hydrogens (tertiary/aromatic N) is 2. The Balaban J connectivity index is 1.40. The van der Waals surface area contributed by atoms with Gasteiger partial charge in [0.05, 0.1) is 19.2 Å². The van der Waals surface area contributed by atoms with Crippen LogP contribution in [-0.4, -0.2) is 67.4 Å². The Bertz CT molecular complexity index is 1270. The number of likely N-dealkylation sites (tertiary alicyclic amines) is 1. The number of hydrogen-bond donors (Lipinski definition) is 3. The smallest absolute Gasteiger partial charge is 0.303 e. The van der Waals surface area contributed by atoms with Gasteiger partial charge in [0.1, 0.15) is 17.7 Å². The second-order valence-electron chi connectivity index (χ2n) is 11.6. The number of anilines is 2. The first kappa shape index (κ1) is 31.4. The number of hydrogen-bond acceptors (Lipinski definition) is 6. The third kappa shape index (κ3) is 8.51. The first-order valence-electron chi connectivity index (χ1n) is 15.2. The average Bonchev–Trinajstić information content (AvgIpc) is 2.93. The monoisotopic (exact) mass is 578 g/mol. The van der Waals surface area contributed by atoms with Crippen molar-refractivity contribution in [1.82, 2.24) is 9.80 Å². The van der Waals surface area contributed by atoms with Crippen molar-refractivity contribution < 1.29 is 19.0 Å². The van der Waals surface area contributed by atoms with E-state index in [1.807, 2.05) is 12.1 Å². The van der Waals surface area contributed by atoms with E-state index in [1.54, 1.807) is 7.11 Å². The molecular formula is C34H47FN4O3. The number of piperidine rings is 1. The van der Waals surface area contributed by atoms with Crippen molar-refractivity contribution in [3.05, 3.63) is 76.8 Å². The summed E-state index contributed by atoms with van der Waals surface area (Å²) in [6.07, 6.45) is 6.74. The van der Waals surface area contributed by atoms with Crippen molar-refractivity contribution in [3.8, 4) is 5.75 Å². The number of rotatable bonds is 14. The molecule has 8 heteroatoms. The number of carboxylic acid groups (broad SMARTS) is 1. The molecule has 7 nitrogen and oxygen atoms in total. The van der Waals surface area contributed by atoms with Crippen molar-refractivity contribution in [2.75, 3.05) is 51.0 Å². The molecule has 42 heavy (non-hydrogen) atoms. The maximum atomic E-state index is 14.6. The molecule has 0 amide bonds. The maximum Gasteiger partial charge on any atom is 0.303 e. The van der Waals surface area contributed by atoms with E-state index in [-0.39, 0.29) is 12.3 Å². The van der Waals surface area contributed by atoms with Gasteiger partial charge in [-0.2, -0.15) is 0 Å². The second-order valence-corrected chi connectivity index (χ2v) is 11.6. The number of carboxylic acids is 1. The van der Waals surface area contributed by atoms with Crippen LogP contribution in [0.2, 0.25) is 0 Å². The van der Waals surface area contributed by atoms with Gasteiger partial charge in [-0.15, -0.1) is 0 Å². The number of methoxy groups -OCH3 is 1. The van der Waals surface area contributed by atoms with Gasteiger partial charge in [0.25, 0.3) is 0 Å². The minimum Gasteiger partial charge on any atom is -0.495 e. The fourth-order valence-corrected chi connectivity index (χ4v) is 5.75. The molecule has 228 valence electrons. The summed E-state index contributed by atoms with van der Waals surface area (Å²) in [4.78, 5) is 15.5. The molecule has 0 aromatic heterocycles. The van der Waals surface area contributed by atoms with Gasteiger partial charge in [0, 0.05) is 50.4 Å². The van der Waals surface area contributed by atoms with E-state index in [0.717, 1.165) is 68.3 Å². The first-order chi connectivity index (χ1) is 20.3. The van der Waals surface area contributed by atoms with Crippen molar-refractivity contribution >= 4 is 17.3 Å². The number of aliphatic carboxylic acids is 1. The molecule has 1 aliphatic heterocycles. The topological polar surface area (TPSA) is 77.1 Å². The van der Waals surface area contributed by atoms with Gasteiger partial charge in [-0.1, -0.05) is 36.8 Å². The van der Waals surface area contributed by atoms with Crippen LogP contribution in [0, 0.1) is 12.8 Å².